The molecule has 0 saturated heterocycles. The summed E-state index contributed by atoms with van der Waals surface area (Å²) in [5.74, 6) is 0. The highest BCUT2D eigenvalue weighted by atomic mass is 14.9. The van der Waals surface area contributed by atoms with Crippen LogP contribution in [-0.4, -0.2) is 11.3 Å². The maximum absolute atomic E-state index is 2.32. The minimum atomic E-state index is 0.265. The van der Waals surface area contributed by atoms with Crippen molar-refractivity contribution in [3.8, 4) is 0 Å². The molecule has 3 aromatic rings. The fourth-order valence-electron chi connectivity index (χ4n) is 4.51. The zero-order chi connectivity index (χ0) is 18.3. The Bertz CT molecular complexity index is 830. The van der Waals surface area contributed by atoms with E-state index in [4.69, 9.17) is 0 Å². The van der Waals surface area contributed by atoms with E-state index in [1.807, 2.05) is 0 Å². The third-order valence-electron chi connectivity index (χ3n) is 5.33. The molecule has 3 rings (SSSR count). The van der Waals surface area contributed by atoms with Crippen molar-refractivity contribution < 1.29 is 0 Å². The molecular weight excluding hydrogens is 301 g/mol. The first-order chi connectivity index (χ1) is 11.8. The quantitative estimate of drug-likeness (QED) is 0.649. The summed E-state index contributed by atoms with van der Waals surface area (Å²) in [5, 5.41) is 0. The topological polar surface area (TPSA) is 4.93 Å². The van der Waals surface area contributed by atoms with E-state index in [0.29, 0.717) is 0 Å². The molecule has 1 nitrogen and oxygen atoms in total. The molecule has 0 atom stereocenters. The van der Waals surface area contributed by atoms with Crippen LogP contribution >= 0.6 is 0 Å². The summed E-state index contributed by atoms with van der Waals surface area (Å²) in [6.07, 6.45) is 2.15. The molecule has 1 heterocycles. The Morgan fingerprint density at radius 3 is 1.40 bits per heavy atom. The minimum Gasteiger partial charge on any atom is -0.362 e. The second-order valence-electron chi connectivity index (χ2n) is 7.60. The molecule has 0 N–H and O–H groups in total. The van der Waals surface area contributed by atoms with Crippen LogP contribution in [0.1, 0.15) is 33.4 Å². The van der Waals surface area contributed by atoms with E-state index in [2.05, 4.69) is 95.8 Å². The van der Waals surface area contributed by atoms with Crippen molar-refractivity contribution in [3.63, 3.8) is 0 Å². The highest BCUT2D eigenvalue weighted by Crippen LogP contribution is 2.12. The Labute approximate surface area is 152 Å². The van der Waals surface area contributed by atoms with Gasteiger partial charge in [0.15, 0.2) is 0 Å². The van der Waals surface area contributed by atoms with Gasteiger partial charge in [-0.2, -0.15) is 0 Å². The number of hydrogen-bond acceptors (Lipinski definition) is 0. The molecule has 0 saturated carbocycles. The number of aromatic nitrogens is 1. The summed E-state index contributed by atoms with van der Waals surface area (Å²) >= 11 is 0. The average Bonchev–Trinajstić information content (AvgIpc) is 2.89. The van der Waals surface area contributed by atoms with E-state index >= 15 is 0 Å². The second kappa shape index (κ2) is 6.59. The van der Waals surface area contributed by atoms with Gasteiger partial charge in [0, 0.05) is 13.2 Å². The molecule has 2 aromatic carbocycles. The van der Waals surface area contributed by atoms with Gasteiger partial charge in [-0.15, -0.1) is 0 Å². The van der Waals surface area contributed by atoms with Gasteiger partial charge in [0.2, 0.25) is 0 Å². The first-order valence-electron chi connectivity index (χ1n) is 9.06. The number of nitrogens with zero attached hydrogens (tertiary/aromatic N) is 1. The van der Waals surface area contributed by atoms with Crippen molar-refractivity contribution in [1.82, 2.24) is 4.57 Å². The highest BCUT2D eigenvalue weighted by Gasteiger charge is 2.29. The molecular formula is C23H28BN. The fraction of sp³-hybridized carbons (Fsp3) is 0.304. The van der Waals surface area contributed by atoms with Crippen LogP contribution in [0.5, 0.6) is 0 Å². The Balaban J connectivity index is 2.36. The average molecular weight is 329 g/mol. The first kappa shape index (κ1) is 17.6. The SMILES string of the molecule is Cc1cc(C)c(B(c2c(C)cc(C)cc2C)c2cccn2C)c(C)c1. The Morgan fingerprint density at radius 2 is 1.08 bits per heavy atom. The maximum Gasteiger partial charge on any atom is 0.263 e. The third kappa shape index (κ3) is 3.18. The zero-order valence-electron chi connectivity index (χ0n) is 16.6. The van der Waals surface area contributed by atoms with Gasteiger partial charge in [0.25, 0.3) is 6.71 Å². The van der Waals surface area contributed by atoms with Gasteiger partial charge in [-0.05, 0) is 59.3 Å². The fourth-order valence-corrected chi connectivity index (χ4v) is 4.51. The van der Waals surface area contributed by atoms with Gasteiger partial charge in [-0.1, -0.05) is 68.6 Å². The zero-order valence-corrected chi connectivity index (χ0v) is 16.6. The van der Waals surface area contributed by atoms with E-state index in [0.717, 1.165) is 0 Å². The monoisotopic (exact) mass is 329 g/mol. The third-order valence-corrected chi connectivity index (χ3v) is 5.33. The van der Waals surface area contributed by atoms with Crippen molar-refractivity contribution in [1.29, 1.82) is 0 Å². The van der Waals surface area contributed by atoms with Crippen molar-refractivity contribution in [2.45, 2.75) is 41.5 Å². The van der Waals surface area contributed by atoms with E-state index in [1.54, 1.807) is 0 Å². The molecule has 0 radical (unpaired) electrons. The summed E-state index contributed by atoms with van der Waals surface area (Å²) in [4.78, 5) is 0. The largest absolute Gasteiger partial charge is 0.362 e. The smallest absolute Gasteiger partial charge is 0.263 e. The van der Waals surface area contributed by atoms with Crippen molar-refractivity contribution in [2.24, 2.45) is 7.05 Å². The lowest BCUT2D eigenvalue weighted by molar-refractivity contribution is 0.956. The number of aryl methyl sites for hydroxylation is 7. The summed E-state index contributed by atoms with van der Waals surface area (Å²) in [6.45, 7) is 13.6. The summed E-state index contributed by atoms with van der Waals surface area (Å²) in [7, 11) is 2.15. The molecule has 0 aliphatic carbocycles. The minimum absolute atomic E-state index is 0.265. The lowest BCUT2D eigenvalue weighted by atomic mass is 9.35. The van der Waals surface area contributed by atoms with E-state index in [9.17, 15) is 0 Å². The number of benzene rings is 2. The molecule has 0 aliphatic rings. The molecule has 0 unspecified atom stereocenters. The van der Waals surface area contributed by atoms with Gasteiger partial charge >= 0.3 is 0 Å². The van der Waals surface area contributed by atoms with E-state index < -0.39 is 0 Å². The van der Waals surface area contributed by atoms with E-state index in [1.165, 1.54) is 49.9 Å². The van der Waals surface area contributed by atoms with Gasteiger partial charge in [0.05, 0.1) is 0 Å². The Morgan fingerprint density at radius 1 is 0.680 bits per heavy atom. The van der Waals surface area contributed by atoms with Crippen LogP contribution in [0, 0.1) is 41.5 Å². The van der Waals surface area contributed by atoms with Gasteiger partial charge in [-0.25, -0.2) is 0 Å². The molecule has 0 bridgehead atoms. The second-order valence-corrected chi connectivity index (χ2v) is 7.60. The van der Waals surface area contributed by atoms with Crippen LogP contribution in [0.2, 0.25) is 0 Å². The molecule has 0 aliphatic heterocycles. The molecule has 25 heavy (non-hydrogen) atoms. The van der Waals surface area contributed by atoms with Crippen LogP contribution in [0.4, 0.5) is 0 Å². The van der Waals surface area contributed by atoms with Crippen LogP contribution in [0.25, 0.3) is 0 Å². The van der Waals surface area contributed by atoms with Gasteiger partial charge < -0.3 is 4.57 Å². The molecule has 0 amide bonds. The van der Waals surface area contributed by atoms with Crippen molar-refractivity contribution in [2.75, 3.05) is 0 Å². The normalized spacial score (nSPS) is 11.0. The predicted molar refractivity (Wildman–Crippen MR) is 111 cm³/mol. The lowest BCUT2D eigenvalue weighted by Gasteiger charge is -2.24. The van der Waals surface area contributed by atoms with Crippen molar-refractivity contribution >= 4 is 23.2 Å². The van der Waals surface area contributed by atoms with E-state index in [-0.39, 0.29) is 6.71 Å². The number of rotatable bonds is 3. The molecule has 1 aromatic heterocycles. The maximum atomic E-state index is 2.32. The van der Waals surface area contributed by atoms with Crippen LogP contribution in [0.3, 0.4) is 0 Å². The van der Waals surface area contributed by atoms with Gasteiger partial charge in [-0.3, -0.25) is 0 Å². The lowest BCUT2D eigenvalue weighted by Crippen LogP contribution is -2.57. The molecule has 0 spiro atoms. The van der Waals surface area contributed by atoms with Crippen molar-refractivity contribution in [3.05, 3.63) is 76.0 Å². The number of hydrogen-bond donors (Lipinski definition) is 0. The Kier molecular flexibility index (Phi) is 4.64. The molecule has 0 fully saturated rings. The predicted octanol–water partition coefficient (Wildman–Crippen LogP) is 3.39. The standard InChI is InChI=1S/C23H28BN/c1-15-11-17(3)22(18(4)12-15)24(21-9-8-10-25(21)7)23-19(5)13-16(2)14-20(23)6/h8-14H,1-7H3. The van der Waals surface area contributed by atoms with Gasteiger partial charge in [0.1, 0.15) is 0 Å². The van der Waals surface area contributed by atoms with Crippen LogP contribution in [0.15, 0.2) is 42.6 Å². The summed E-state index contributed by atoms with van der Waals surface area (Å²) in [6, 6.07) is 13.7. The molecule has 128 valence electrons. The molecule has 2 heteroatoms. The summed E-state index contributed by atoms with van der Waals surface area (Å²) < 4.78 is 2.27. The first-order valence-corrected chi connectivity index (χ1v) is 9.06. The highest BCUT2D eigenvalue weighted by molar-refractivity contribution is 6.96. The summed E-state index contributed by atoms with van der Waals surface area (Å²) in [5.41, 5.74) is 12.4. The van der Waals surface area contributed by atoms with Crippen LogP contribution in [-0.2, 0) is 7.05 Å². The Hall–Kier alpha value is -2.22. The van der Waals surface area contributed by atoms with Crippen LogP contribution < -0.4 is 16.5 Å².